The van der Waals surface area contributed by atoms with E-state index in [9.17, 15) is 5.11 Å². The van der Waals surface area contributed by atoms with Crippen LogP contribution in [0.1, 0.15) is 0 Å². The predicted octanol–water partition coefficient (Wildman–Crippen LogP) is 1.66. The van der Waals surface area contributed by atoms with Crippen molar-refractivity contribution in [3.63, 3.8) is 0 Å². The molecule has 0 bridgehead atoms. The summed E-state index contributed by atoms with van der Waals surface area (Å²) >= 11 is 2.22. The molecular weight excluding hydrogens is 231 g/mol. The van der Waals surface area contributed by atoms with Gasteiger partial charge >= 0.3 is 0 Å². The van der Waals surface area contributed by atoms with Crippen LogP contribution in [0, 0.1) is 0 Å². The molecule has 0 saturated carbocycles. The molecule has 0 aliphatic carbocycles. The molecule has 3 heteroatoms. The van der Waals surface area contributed by atoms with Gasteiger partial charge in [0.05, 0.1) is 13.8 Å². The maximum Gasteiger partial charge on any atom is 0.0791 e. The Morgan fingerprint density at radius 2 is 1.88 bits per heavy atom. The molecular formula is C5H13IOSi. The van der Waals surface area contributed by atoms with Crippen molar-refractivity contribution in [2.24, 2.45) is 0 Å². The van der Waals surface area contributed by atoms with Crippen molar-refractivity contribution >= 4 is 30.7 Å². The molecule has 50 valence electrons. The normalized spacial score (nSPS) is 16.1. The van der Waals surface area contributed by atoms with Gasteiger partial charge in [-0.3, -0.25) is 0 Å². The molecule has 1 unspecified atom stereocenters. The fourth-order valence-electron chi connectivity index (χ4n) is 0.231. The van der Waals surface area contributed by atoms with Crippen LogP contribution in [0.15, 0.2) is 0 Å². The SMILES string of the molecule is C[Si](C)(C)C(O)CI. The highest BCUT2D eigenvalue weighted by atomic mass is 127. The van der Waals surface area contributed by atoms with E-state index in [1.807, 2.05) is 0 Å². The van der Waals surface area contributed by atoms with Crippen LogP contribution in [-0.2, 0) is 0 Å². The summed E-state index contributed by atoms with van der Waals surface area (Å²) in [5.74, 6) is 0. The standard InChI is InChI=1S/C5H13IOSi/c1-8(2,3)5(7)4-6/h5,7H,4H2,1-3H3. The molecule has 0 aromatic heterocycles. The van der Waals surface area contributed by atoms with Crippen molar-refractivity contribution < 1.29 is 5.11 Å². The van der Waals surface area contributed by atoms with Gasteiger partial charge in [0.25, 0.3) is 0 Å². The molecule has 0 aliphatic heterocycles. The number of aliphatic hydroxyl groups is 1. The van der Waals surface area contributed by atoms with E-state index in [-0.39, 0.29) is 5.73 Å². The van der Waals surface area contributed by atoms with Gasteiger partial charge < -0.3 is 5.11 Å². The first kappa shape index (κ1) is 8.91. The second kappa shape index (κ2) is 3.17. The zero-order valence-corrected chi connectivity index (χ0v) is 8.77. The van der Waals surface area contributed by atoms with E-state index in [4.69, 9.17) is 0 Å². The van der Waals surface area contributed by atoms with Crippen molar-refractivity contribution in [3.05, 3.63) is 0 Å². The fourth-order valence-corrected chi connectivity index (χ4v) is 4.66. The fraction of sp³-hybridized carbons (Fsp3) is 1.00. The van der Waals surface area contributed by atoms with Crippen LogP contribution >= 0.6 is 22.6 Å². The monoisotopic (exact) mass is 244 g/mol. The molecule has 1 N–H and O–H groups in total. The molecule has 0 amide bonds. The highest BCUT2D eigenvalue weighted by Gasteiger charge is 2.22. The molecule has 0 spiro atoms. The summed E-state index contributed by atoms with van der Waals surface area (Å²) < 4.78 is 0.882. The van der Waals surface area contributed by atoms with Gasteiger partial charge in [-0.2, -0.15) is 0 Å². The van der Waals surface area contributed by atoms with Crippen LogP contribution in [-0.4, -0.2) is 23.3 Å². The van der Waals surface area contributed by atoms with E-state index in [2.05, 4.69) is 42.2 Å². The van der Waals surface area contributed by atoms with Gasteiger partial charge in [-0.25, -0.2) is 0 Å². The maximum absolute atomic E-state index is 9.25. The molecule has 0 heterocycles. The number of rotatable bonds is 2. The number of aliphatic hydroxyl groups excluding tert-OH is 1. The third kappa shape index (κ3) is 3.04. The second-order valence-corrected chi connectivity index (χ2v) is 9.32. The van der Waals surface area contributed by atoms with Gasteiger partial charge in [-0.05, 0) is 0 Å². The van der Waals surface area contributed by atoms with E-state index in [0.717, 1.165) is 4.43 Å². The Morgan fingerprint density at radius 3 is 1.88 bits per heavy atom. The van der Waals surface area contributed by atoms with E-state index in [1.54, 1.807) is 0 Å². The first-order valence-corrected chi connectivity index (χ1v) is 7.83. The van der Waals surface area contributed by atoms with Crippen molar-refractivity contribution in [1.82, 2.24) is 0 Å². The summed E-state index contributed by atoms with van der Waals surface area (Å²) in [4.78, 5) is 0. The predicted molar refractivity (Wildman–Crippen MR) is 48.2 cm³/mol. The highest BCUT2D eigenvalue weighted by molar-refractivity contribution is 14.1. The quantitative estimate of drug-likeness (QED) is 0.445. The Hall–Kier alpha value is 0.907. The van der Waals surface area contributed by atoms with Gasteiger partial charge in [-0.15, -0.1) is 0 Å². The Kier molecular flexibility index (Phi) is 3.53. The lowest BCUT2D eigenvalue weighted by molar-refractivity contribution is 0.271. The zero-order chi connectivity index (χ0) is 6.78. The zero-order valence-electron chi connectivity index (χ0n) is 5.61. The van der Waals surface area contributed by atoms with Crippen molar-refractivity contribution in [3.8, 4) is 0 Å². The summed E-state index contributed by atoms with van der Waals surface area (Å²) in [6.45, 7) is 6.53. The lowest BCUT2D eigenvalue weighted by Crippen LogP contribution is -2.39. The number of hydrogen-bond acceptors (Lipinski definition) is 1. The highest BCUT2D eigenvalue weighted by Crippen LogP contribution is 2.08. The molecule has 0 aliphatic rings. The van der Waals surface area contributed by atoms with Gasteiger partial charge in [-0.1, -0.05) is 42.2 Å². The Bertz CT molecular complexity index is 69.3. The Labute approximate surface area is 65.6 Å². The lowest BCUT2D eigenvalue weighted by atomic mass is 10.9. The third-order valence-electron chi connectivity index (χ3n) is 1.15. The summed E-state index contributed by atoms with van der Waals surface area (Å²) in [5, 5.41) is 9.25. The Morgan fingerprint density at radius 1 is 1.50 bits per heavy atom. The molecule has 0 saturated heterocycles. The van der Waals surface area contributed by atoms with Crippen LogP contribution in [0.2, 0.25) is 19.6 Å². The summed E-state index contributed by atoms with van der Waals surface area (Å²) in [6.07, 6.45) is 0. The number of hydrogen-bond donors (Lipinski definition) is 1. The molecule has 1 atom stereocenters. The molecule has 0 radical (unpaired) electrons. The summed E-state index contributed by atoms with van der Waals surface area (Å²) in [6, 6.07) is 0. The second-order valence-electron chi connectivity index (χ2n) is 3.04. The summed E-state index contributed by atoms with van der Waals surface area (Å²) in [7, 11) is -1.21. The lowest BCUT2D eigenvalue weighted by Gasteiger charge is -2.20. The van der Waals surface area contributed by atoms with Gasteiger partial charge in [0.1, 0.15) is 0 Å². The van der Waals surface area contributed by atoms with Crippen LogP contribution in [0.5, 0.6) is 0 Å². The molecule has 0 aromatic rings. The first-order valence-electron chi connectivity index (χ1n) is 2.72. The van der Waals surface area contributed by atoms with Crippen molar-refractivity contribution in [1.29, 1.82) is 0 Å². The molecule has 1 nitrogen and oxygen atoms in total. The van der Waals surface area contributed by atoms with Gasteiger partial charge in [0, 0.05) is 4.43 Å². The minimum Gasteiger partial charge on any atom is -0.396 e. The van der Waals surface area contributed by atoms with Crippen LogP contribution in [0.3, 0.4) is 0 Å². The average Bonchev–Trinajstić information content (AvgIpc) is 1.62. The van der Waals surface area contributed by atoms with E-state index < -0.39 is 8.07 Å². The molecule has 0 aromatic carbocycles. The minimum absolute atomic E-state index is 0.0249. The smallest absolute Gasteiger partial charge is 0.0791 e. The maximum atomic E-state index is 9.25. The molecule has 8 heavy (non-hydrogen) atoms. The first-order chi connectivity index (χ1) is 3.48. The minimum atomic E-state index is -1.21. The number of halogens is 1. The van der Waals surface area contributed by atoms with Crippen LogP contribution in [0.4, 0.5) is 0 Å². The van der Waals surface area contributed by atoms with E-state index in [0.29, 0.717) is 0 Å². The average molecular weight is 244 g/mol. The molecule has 0 rings (SSSR count). The van der Waals surface area contributed by atoms with Crippen LogP contribution < -0.4 is 0 Å². The third-order valence-corrected chi connectivity index (χ3v) is 5.01. The van der Waals surface area contributed by atoms with Crippen molar-refractivity contribution in [2.45, 2.75) is 25.4 Å². The van der Waals surface area contributed by atoms with Crippen molar-refractivity contribution in [2.75, 3.05) is 4.43 Å². The molecule has 0 fully saturated rings. The van der Waals surface area contributed by atoms with Gasteiger partial charge in [0.2, 0.25) is 0 Å². The van der Waals surface area contributed by atoms with Gasteiger partial charge in [0.15, 0.2) is 0 Å². The number of alkyl halides is 1. The summed E-state index contributed by atoms with van der Waals surface area (Å²) in [5.41, 5.74) is -0.0249. The topological polar surface area (TPSA) is 20.2 Å². The van der Waals surface area contributed by atoms with E-state index in [1.165, 1.54) is 0 Å². The Balaban J connectivity index is 3.62. The largest absolute Gasteiger partial charge is 0.396 e. The van der Waals surface area contributed by atoms with E-state index >= 15 is 0 Å². The van der Waals surface area contributed by atoms with Crippen LogP contribution in [0.25, 0.3) is 0 Å².